The minimum atomic E-state index is 0.464. The zero-order chi connectivity index (χ0) is 15.0. The first-order valence-corrected chi connectivity index (χ1v) is 9.27. The summed E-state index contributed by atoms with van der Waals surface area (Å²) in [6.45, 7) is 2.17. The van der Waals surface area contributed by atoms with Gasteiger partial charge in [-0.3, -0.25) is 0 Å². The minimum Gasteiger partial charge on any atom is -0.378 e. The van der Waals surface area contributed by atoms with Crippen LogP contribution in [0.5, 0.6) is 0 Å². The van der Waals surface area contributed by atoms with Gasteiger partial charge in [0.15, 0.2) is 0 Å². The second kappa shape index (κ2) is 6.16. The van der Waals surface area contributed by atoms with Crippen molar-refractivity contribution in [1.82, 2.24) is 0 Å². The van der Waals surface area contributed by atoms with Crippen LogP contribution >= 0.6 is 33.9 Å². The summed E-state index contributed by atoms with van der Waals surface area (Å²) in [4.78, 5) is 3.75. The normalized spacial score (nSPS) is 17.4. The van der Waals surface area contributed by atoms with E-state index in [0.717, 1.165) is 0 Å². The molecule has 1 aliphatic rings. The number of benzene rings is 1. The van der Waals surface area contributed by atoms with E-state index in [4.69, 9.17) is 0 Å². The van der Waals surface area contributed by atoms with E-state index in [1.807, 2.05) is 11.3 Å². The topological polar surface area (TPSA) is 15.3 Å². The van der Waals surface area contributed by atoms with Crippen molar-refractivity contribution >= 4 is 45.3 Å². The van der Waals surface area contributed by atoms with E-state index in [0.29, 0.717) is 6.04 Å². The molecule has 0 saturated carbocycles. The molecular weight excluding hydrogens is 391 g/mol. The number of halogens is 1. The average Bonchev–Trinajstić information content (AvgIpc) is 2.82. The molecule has 0 amide bonds. The number of thiophene rings is 1. The lowest BCUT2D eigenvalue weighted by Crippen LogP contribution is -2.16. The lowest BCUT2D eigenvalue weighted by atomic mass is 9.94. The van der Waals surface area contributed by atoms with Crippen molar-refractivity contribution < 1.29 is 0 Å². The van der Waals surface area contributed by atoms with Gasteiger partial charge in [-0.1, -0.05) is 6.07 Å². The van der Waals surface area contributed by atoms with Gasteiger partial charge in [-0.25, -0.2) is 0 Å². The van der Waals surface area contributed by atoms with Crippen molar-refractivity contribution in [2.75, 3.05) is 24.3 Å². The van der Waals surface area contributed by atoms with E-state index in [-0.39, 0.29) is 0 Å². The van der Waals surface area contributed by atoms with Gasteiger partial charge in [0.25, 0.3) is 0 Å². The summed E-state index contributed by atoms with van der Waals surface area (Å²) >= 11 is 4.40. The molecule has 1 aromatic carbocycles. The molecule has 0 spiro atoms. The second-order valence-corrected chi connectivity index (χ2v) is 8.94. The van der Waals surface area contributed by atoms with E-state index in [1.165, 1.54) is 44.6 Å². The van der Waals surface area contributed by atoms with Crippen LogP contribution in [0.15, 0.2) is 24.3 Å². The molecule has 1 N–H and O–H groups in total. The van der Waals surface area contributed by atoms with Crippen LogP contribution < -0.4 is 10.2 Å². The number of anilines is 2. The van der Waals surface area contributed by atoms with Crippen molar-refractivity contribution in [3.05, 3.63) is 43.2 Å². The fourth-order valence-corrected chi connectivity index (χ4v) is 5.17. The highest BCUT2D eigenvalue weighted by atomic mass is 127. The molecular formula is C17H21IN2S. The maximum Gasteiger partial charge on any atom is 0.0660 e. The van der Waals surface area contributed by atoms with Crippen molar-refractivity contribution in [2.24, 2.45) is 0 Å². The number of hydrogen-bond donors (Lipinski definition) is 1. The first-order valence-electron chi connectivity index (χ1n) is 7.37. The molecule has 0 bridgehead atoms. The molecule has 0 radical (unpaired) electrons. The van der Waals surface area contributed by atoms with E-state index in [9.17, 15) is 0 Å². The lowest BCUT2D eigenvalue weighted by Gasteiger charge is -2.26. The Morgan fingerprint density at radius 2 is 2.10 bits per heavy atom. The molecule has 2 aromatic rings. The number of rotatable bonds is 3. The van der Waals surface area contributed by atoms with E-state index >= 15 is 0 Å². The SMILES string of the molecule is Cc1ccc(NC2CCCc3sc(I)cc32)cc1N(C)C. The summed E-state index contributed by atoms with van der Waals surface area (Å²) in [6.07, 6.45) is 3.76. The van der Waals surface area contributed by atoms with Crippen LogP contribution in [0.2, 0.25) is 0 Å². The van der Waals surface area contributed by atoms with Gasteiger partial charge in [-0.05, 0) is 78.1 Å². The molecule has 1 aromatic heterocycles. The molecule has 0 aliphatic heterocycles. The van der Waals surface area contributed by atoms with Crippen molar-refractivity contribution in [3.63, 3.8) is 0 Å². The smallest absolute Gasteiger partial charge is 0.0660 e. The number of hydrogen-bond acceptors (Lipinski definition) is 3. The van der Waals surface area contributed by atoms with Crippen LogP contribution in [0.4, 0.5) is 11.4 Å². The second-order valence-electron chi connectivity index (χ2n) is 5.91. The van der Waals surface area contributed by atoms with Crippen LogP contribution in [-0.2, 0) is 6.42 Å². The van der Waals surface area contributed by atoms with Gasteiger partial charge in [0, 0.05) is 30.3 Å². The quantitative estimate of drug-likeness (QED) is 0.696. The summed E-state index contributed by atoms with van der Waals surface area (Å²) in [5.74, 6) is 0. The van der Waals surface area contributed by atoms with Gasteiger partial charge >= 0.3 is 0 Å². The first-order chi connectivity index (χ1) is 10.0. The highest BCUT2D eigenvalue weighted by molar-refractivity contribution is 14.1. The monoisotopic (exact) mass is 412 g/mol. The van der Waals surface area contributed by atoms with Crippen molar-refractivity contribution in [2.45, 2.75) is 32.2 Å². The molecule has 21 heavy (non-hydrogen) atoms. The minimum absolute atomic E-state index is 0.464. The fourth-order valence-electron chi connectivity index (χ4n) is 3.05. The van der Waals surface area contributed by atoms with Gasteiger partial charge in [-0.2, -0.15) is 0 Å². The average molecular weight is 412 g/mol. The molecule has 112 valence electrons. The molecule has 0 fully saturated rings. The van der Waals surface area contributed by atoms with Gasteiger partial charge < -0.3 is 10.2 Å². The van der Waals surface area contributed by atoms with Gasteiger partial charge in [0.2, 0.25) is 0 Å². The largest absolute Gasteiger partial charge is 0.378 e. The summed E-state index contributed by atoms with van der Waals surface area (Å²) in [7, 11) is 4.21. The maximum absolute atomic E-state index is 3.75. The Labute approximate surface area is 144 Å². The molecule has 0 saturated heterocycles. The van der Waals surface area contributed by atoms with Crippen LogP contribution in [0.3, 0.4) is 0 Å². The Bertz CT molecular complexity index is 648. The predicted octanol–water partition coefficient (Wildman–Crippen LogP) is 5.22. The lowest BCUT2D eigenvalue weighted by molar-refractivity contribution is 0.609. The zero-order valence-electron chi connectivity index (χ0n) is 12.7. The Kier molecular flexibility index (Phi) is 4.45. The summed E-state index contributed by atoms with van der Waals surface area (Å²) < 4.78 is 1.41. The standard InChI is InChI=1S/C17H21IN2S/c1-11-7-8-12(9-15(11)20(2)3)19-14-5-4-6-16-13(14)10-17(18)21-16/h7-10,14,19H,4-6H2,1-3H3. The fraction of sp³-hybridized carbons (Fsp3) is 0.412. The Morgan fingerprint density at radius 3 is 2.86 bits per heavy atom. The number of nitrogens with one attached hydrogen (secondary N) is 1. The molecule has 2 nitrogen and oxygen atoms in total. The Morgan fingerprint density at radius 1 is 1.29 bits per heavy atom. The first kappa shape index (κ1) is 15.2. The molecule has 1 unspecified atom stereocenters. The highest BCUT2D eigenvalue weighted by Crippen LogP contribution is 2.38. The predicted molar refractivity (Wildman–Crippen MR) is 102 cm³/mol. The summed E-state index contributed by atoms with van der Waals surface area (Å²) in [6, 6.07) is 9.50. The number of aryl methyl sites for hydroxylation is 2. The number of nitrogens with zero attached hydrogens (tertiary/aromatic N) is 1. The maximum atomic E-state index is 3.75. The number of fused-ring (bicyclic) bond motifs is 1. The van der Waals surface area contributed by atoms with Crippen LogP contribution in [0.1, 0.15) is 34.9 Å². The van der Waals surface area contributed by atoms with Crippen LogP contribution in [0, 0.1) is 9.81 Å². The molecule has 1 heterocycles. The Balaban J connectivity index is 1.86. The van der Waals surface area contributed by atoms with Crippen molar-refractivity contribution in [1.29, 1.82) is 0 Å². The van der Waals surface area contributed by atoms with E-state index in [2.05, 4.69) is 78.1 Å². The zero-order valence-corrected chi connectivity index (χ0v) is 15.7. The molecule has 1 aliphatic carbocycles. The van der Waals surface area contributed by atoms with Crippen LogP contribution in [0.25, 0.3) is 0 Å². The summed E-state index contributed by atoms with van der Waals surface area (Å²) in [5, 5.41) is 3.75. The van der Waals surface area contributed by atoms with Crippen molar-refractivity contribution in [3.8, 4) is 0 Å². The third kappa shape index (κ3) is 3.21. The summed E-state index contributed by atoms with van der Waals surface area (Å²) in [5.41, 5.74) is 5.35. The third-order valence-electron chi connectivity index (χ3n) is 4.12. The molecule has 3 rings (SSSR count). The van der Waals surface area contributed by atoms with Gasteiger partial charge in [0.1, 0.15) is 0 Å². The van der Waals surface area contributed by atoms with Gasteiger partial charge in [-0.15, -0.1) is 11.3 Å². The van der Waals surface area contributed by atoms with E-state index < -0.39 is 0 Å². The third-order valence-corrected chi connectivity index (χ3v) is 6.09. The van der Waals surface area contributed by atoms with Crippen LogP contribution in [-0.4, -0.2) is 14.1 Å². The highest BCUT2D eigenvalue weighted by Gasteiger charge is 2.22. The van der Waals surface area contributed by atoms with E-state index in [1.54, 1.807) is 4.88 Å². The molecule has 1 atom stereocenters. The molecule has 4 heteroatoms. The van der Waals surface area contributed by atoms with Gasteiger partial charge in [0.05, 0.1) is 8.93 Å². The Hall–Kier alpha value is -0.750.